The Morgan fingerprint density at radius 3 is 2.67 bits per heavy atom. The van der Waals surface area contributed by atoms with Gasteiger partial charge in [-0.2, -0.15) is 0 Å². The van der Waals surface area contributed by atoms with Crippen LogP contribution in [0.2, 0.25) is 0 Å². The summed E-state index contributed by atoms with van der Waals surface area (Å²) in [5.74, 6) is 2.41. The Labute approximate surface area is 214 Å². The molecule has 1 atom stereocenters. The van der Waals surface area contributed by atoms with Gasteiger partial charge in [0, 0.05) is 23.6 Å². The molecule has 3 aromatic carbocycles. The van der Waals surface area contributed by atoms with Gasteiger partial charge in [-0.1, -0.05) is 48.5 Å². The van der Waals surface area contributed by atoms with E-state index in [1.165, 1.54) is 16.3 Å². The van der Waals surface area contributed by atoms with Crippen LogP contribution >= 0.6 is 11.3 Å². The summed E-state index contributed by atoms with van der Waals surface area (Å²) < 4.78 is 12.7. The number of hydrogen-bond donors (Lipinski definition) is 1. The Bertz CT molecular complexity index is 1490. The minimum atomic E-state index is -0.547. The van der Waals surface area contributed by atoms with Gasteiger partial charge in [0.15, 0.2) is 0 Å². The molecule has 1 saturated heterocycles. The average molecular weight is 500 g/mol. The summed E-state index contributed by atoms with van der Waals surface area (Å²) in [4.78, 5) is 3.27. The van der Waals surface area contributed by atoms with Crippen molar-refractivity contribution in [1.29, 1.82) is 0 Å². The molecule has 36 heavy (non-hydrogen) atoms. The fourth-order valence-corrected chi connectivity index (χ4v) is 6.11. The third kappa shape index (κ3) is 4.87. The van der Waals surface area contributed by atoms with E-state index in [4.69, 9.17) is 9.15 Å². The number of piperidine rings is 1. The van der Waals surface area contributed by atoms with Crippen LogP contribution in [0.1, 0.15) is 30.2 Å². The predicted octanol–water partition coefficient (Wildman–Crippen LogP) is 6.03. The average Bonchev–Trinajstić information content (AvgIpc) is 3.54. The van der Waals surface area contributed by atoms with E-state index in [-0.39, 0.29) is 6.61 Å². The molecule has 6 nitrogen and oxygen atoms in total. The number of benzene rings is 3. The normalized spacial score (nSPS) is 16.1. The predicted molar refractivity (Wildman–Crippen MR) is 144 cm³/mol. The van der Waals surface area contributed by atoms with Gasteiger partial charge in [0.25, 0.3) is 5.89 Å². The fraction of sp³-hybridized carbons (Fsp3) is 0.310. The van der Waals surface area contributed by atoms with Crippen molar-refractivity contribution in [3.05, 3.63) is 78.2 Å². The number of hydrogen-bond acceptors (Lipinski definition) is 7. The number of aliphatic hydroxyl groups is 1. The highest BCUT2D eigenvalue weighted by Gasteiger charge is 2.23. The molecule has 1 aliphatic rings. The topological polar surface area (TPSA) is 71.6 Å². The Balaban J connectivity index is 1.04. The lowest BCUT2D eigenvalue weighted by molar-refractivity contribution is 0.0599. The number of likely N-dealkylation sites (tertiary alicyclic amines) is 1. The number of aryl methyl sites for hydroxylation is 1. The Morgan fingerprint density at radius 1 is 1.03 bits per heavy atom. The van der Waals surface area contributed by atoms with Crippen molar-refractivity contribution in [2.75, 3.05) is 26.2 Å². The van der Waals surface area contributed by atoms with Crippen LogP contribution in [0.3, 0.4) is 0 Å². The van der Waals surface area contributed by atoms with Crippen LogP contribution in [0.15, 0.2) is 71.1 Å². The molecule has 1 aliphatic heterocycles. The smallest absolute Gasteiger partial charge is 0.257 e. The zero-order valence-electron chi connectivity index (χ0n) is 20.3. The van der Waals surface area contributed by atoms with Gasteiger partial charge in [-0.15, -0.1) is 21.5 Å². The molecule has 0 spiro atoms. The lowest BCUT2D eigenvalue weighted by atomic mass is 9.88. The molecule has 0 saturated carbocycles. The highest BCUT2D eigenvalue weighted by molar-refractivity contribution is 7.22. The number of ether oxygens (including phenoxy) is 1. The molecular weight excluding hydrogens is 470 g/mol. The highest BCUT2D eigenvalue weighted by atomic mass is 32.1. The molecule has 3 heterocycles. The van der Waals surface area contributed by atoms with Crippen LogP contribution in [0.4, 0.5) is 0 Å². The molecule has 6 rings (SSSR count). The van der Waals surface area contributed by atoms with E-state index in [0.29, 0.717) is 24.2 Å². The van der Waals surface area contributed by atoms with Crippen molar-refractivity contribution in [2.24, 2.45) is 0 Å². The SMILES string of the molecule is Cc1nnc(-c2cc3c(OC[C@@H](O)CN4CCC(c5ccc6ccccc6c5)CC4)cccc3s2)o1. The standard InChI is InChI=1S/C29H29N3O3S/c1-19-30-31-29(35-19)28-16-25-26(7-4-8-27(25)36-28)34-18-24(33)17-32-13-11-21(12-14-32)23-10-9-20-5-2-3-6-22(20)15-23/h2-10,15-16,21,24,33H,11-14,17-18H2,1H3/t24-/m0/s1. The Kier molecular flexibility index (Phi) is 6.44. The number of aliphatic hydroxyl groups excluding tert-OH is 1. The van der Waals surface area contributed by atoms with Gasteiger partial charge in [0.2, 0.25) is 5.89 Å². The van der Waals surface area contributed by atoms with Gasteiger partial charge >= 0.3 is 0 Å². The lowest BCUT2D eigenvalue weighted by Crippen LogP contribution is -2.40. The van der Waals surface area contributed by atoms with Crippen LogP contribution in [-0.2, 0) is 0 Å². The molecule has 2 aromatic heterocycles. The highest BCUT2D eigenvalue weighted by Crippen LogP contribution is 2.37. The zero-order valence-corrected chi connectivity index (χ0v) is 21.1. The van der Waals surface area contributed by atoms with E-state index >= 15 is 0 Å². The maximum absolute atomic E-state index is 10.7. The Hall–Kier alpha value is -3.26. The van der Waals surface area contributed by atoms with Crippen molar-refractivity contribution in [3.63, 3.8) is 0 Å². The van der Waals surface area contributed by atoms with E-state index in [2.05, 4.69) is 63.6 Å². The van der Waals surface area contributed by atoms with Crippen molar-refractivity contribution in [1.82, 2.24) is 15.1 Å². The minimum absolute atomic E-state index is 0.258. The number of β-amino-alcohol motifs (C(OH)–C–C–N with tert-alkyl or cyclic N) is 1. The second-order valence-electron chi connectivity index (χ2n) is 9.55. The third-order valence-electron chi connectivity index (χ3n) is 6.99. The van der Waals surface area contributed by atoms with E-state index in [0.717, 1.165) is 46.6 Å². The first kappa shape index (κ1) is 23.2. The van der Waals surface area contributed by atoms with Gasteiger partial charge < -0.3 is 19.2 Å². The molecule has 5 aromatic rings. The fourth-order valence-electron chi connectivity index (χ4n) is 5.11. The molecule has 184 valence electrons. The molecule has 0 bridgehead atoms. The molecule has 7 heteroatoms. The first-order valence-electron chi connectivity index (χ1n) is 12.5. The summed E-state index contributed by atoms with van der Waals surface area (Å²) in [7, 11) is 0. The maximum atomic E-state index is 10.7. The molecule has 1 N–H and O–H groups in total. The van der Waals surface area contributed by atoms with Crippen LogP contribution in [0.5, 0.6) is 5.75 Å². The van der Waals surface area contributed by atoms with Crippen LogP contribution in [-0.4, -0.2) is 52.5 Å². The summed E-state index contributed by atoms with van der Waals surface area (Å²) in [6, 6.07) is 23.4. The van der Waals surface area contributed by atoms with E-state index < -0.39 is 6.10 Å². The van der Waals surface area contributed by atoms with E-state index in [1.807, 2.05) is 18.2 Å². The summed E-state index contributed by atoms with van der Waals surface area (Å²) in [5.41, 5.74) is 1.43. The van der Waals surface area contributed by atoms with Gasteiger partial charge in [-0.25, -0.2) is 0 Å². The molecule has 0 aliphatic carbocycles. The lowest BCUT2D eigenvalue weighted by Gasteiger charge is -2.33. The second kappa shape index (κ2) is 10.0. The first-order valence-corrected chi connectivity index (χ1v) is 13.3. The molecular formula is C29H29N3O3S. The van der Waals surface area contributed by atoms with Gasteiger partial charge in [-0.3, -0.25) is 0 Å². The number of nitrogens with zero attached hydrogens (tertiary/aromatic N) is 3. The molecule has 0 unspecified atom stereocenters. The minimum Gasteiger partial charge on any atom is -0.490 e. The molecule has 1 fully saturated rings. The Morgan fingerprint density at radius 2 is 1.86 bits per heavy atom. The number of fused-ring (bicyclic) bond motifs is 2. The van der Waals surface area contributed by atoms with Crippen LogP contribution < -0.4 is 4.74 Å². The van der Waals surface area contributed by atoms with Crippen molar-refractivity contribution < 1.29 is 14.3 Å². The summed E-state index contributed by atoms with van der Waals surface area (Å²) >= 11 is 1.59. The van der Waals surface area contributed by atoms with Crippen molar-refractivity contribution in [2.45, 2.75) is 31.8 Å². The molecule has 0 radical (unpaired) electrons. The second-order valence-corrected chi connectivity index (χ2v) is 10.6. The number of rotatable bonds is 7. The number of aromatic nitrogens is 2. The van der Waals surface area contributed by atoms with Crippen LogP contribution in [0.25, 0.3) is 31.6 Å². The summed E-state index contributed by atoms with van der Waals surface area (Å²) in [6.07, 6.45) is 1.67. The summed E-state index contributed by atoms with van der Waals surface area (Å²) in [6.45, 7) is 4.64. The largest absolute Gasteiger partial charge is 0.490 e. The monoisotopic (exact) mass is 499 g/mol. The quantitative estimate of drug-likeness (QED) is 0.295. The molecule has 0 amide bonds. The van der Waals surface area contributed by atoms with Gasteiger partial charge in [0.05, 0.1) is 4.88 Å². The zero-order chi connectivity index (χ0) is 24.5. The van der Waals surface area contributed by atoms with Gasteiger partial charge in [0.1, 0.15) is 18.5 Å². The van der Waals surface area contributed by atoms with Gasteiger partial charge in [-0.05, 0) is 66.4 Å². The van der Waals surface area contributed by atoms with E-state index in [9.17, 15) is 5.11 Å². The van der Waals surface area contributed by atoms with E-state index in [1.54, 1.807) is 18.3 Å². The van der Waals surface area contributed by atoms with Crippen LogP contribution in [0, 0.1) is 6.92 Å². The first-order chi connectivity index (χ1) is 17.6. The van der Waals surface area contributed by atoms with Crippen molar-refractivity contribution in [3.8, 4) is 16.5 Å². The third-order valence-corrected chi connectivity index (χ3v) is 8.08. The number of thiophene rings is 1. The summed E-state index contributed by atoms with van der Waals surface area (Å²) in [5, 5.41) is 22.4. The van der Waals surface area contributed by atoms with Crippen molar-refractivity contribution >= 4 is 32.2 Å². The maximum Gasteiger partial charge on any atom is 0.257 e.